The standard InChI is InChI=1S/C45H53N3O10/c1-31(49)47-39-41(55-28-34-21-13-7-14-22-34)40(54-27-33-19-11-6-12-20-33)37(30-53-26-32-17-9-5-10-18-32)57-42(39)48(44(52)58-45(2,3)4)36(25-38(46)50)43(51)56-29-35-23-15-8-16-24-35/h5-24,36-37,39-42H,25-30H2,1-4H3,(H2,46,50)(H,47,49)/t36-,37-,39-,40-,41-,42-/m0/s1. The van der Waals surface area contributed by atoms with Crippen molar-refractivity contribution in [1.82, 2.24) is 10.2 Å². The third-order valence-electron chi connectivity index (χ3n) is 9.10. The minimum atomic E-state index is -1.65. The summed E-state index contributed by atoms with van der Waals surface area (Å²) < 4.78 is 38.0. The van der Waals surface area contributed by atoms with E-state index in [2.05, 4.69) is 5.32 Å². The van der Waals surface area contributed by atoms with Crippen LogP contribution in [0.4, 0.5) is 4.79 Å². The Bertz CT molecular complexity index is 1890. The van der Waals surface area contributed by atoms with Crippen molar-refractivity contribution in [3.63, 3.8) is 0 Å². The normalized spacial score (nSPS) is 19.7. The fourth-order valence-electron chi connectivity index (χ4n) is 6.52. The van der Waals surface area contributed by atoms with Gasteiger partial charge in [-0.15, -0.1) is 0 Å². The molecule has 13 nitrogen and oxygen atoms in total. The number of rotatable bonds is 18. The third-order valence-corrected chi connectivity index (χ3v) is 9.10. The number of primary amides is 1. The highest BCUT2D eigenvalue weighted by Crippen LogP contribution is 2.33. The molecule has 0 aliphatic carbocycles. The maximum atomic E-state index is 14.5. The van der Waals surface area contributed by atoms with Gasteiger partial charge in [0.25, 0.3) is 0 Å². The van der Waals surface area contributed by atoms with Gasteiger partial charge in [-0.3, -0.25) is 14.5 Å². The number of nitrogens with one attached hydrogen (secondary N) is 1. The second-order valence-electron chi connectivity index (χ2n) is 15.0. The number of nitrogens with two attached hydrogens (primary N) is 1. The summed E-state index contributed by atoms with van der Waals surface area (Å²) in [5, 5.41) is 2.92. The molecule has 3 amide bonds. The van der Waals surface area contributed by atoms with Crippen LogP contribution in [0.25, 0.3) is 0 Å². The number of esters is 1. The minimum absolute atomic E-state index is 0.0655. The molecule has 308 valence electrons. The van der Waals surface area contributed by atoms with Crippen molar-refractivity contribution in [2.24, 2.45) is 5.73 Å². The van der Waals surface area contributed by atoms with Gasteiger partial charge in [0, 0.05) is 6.92 Å². The Hall–Kier alpha value is -5.60. The molecule has 13 heteroatoms. The van der Waals surface area contributed by atoms with Crippen molar-refractivity contribution < 1.29 is 47.6 Å². The maximum Gasteiger partial charge on any atom is 0.413 e. The first-order valence-corrected chi connectivity index (χ1v) is 19.2. The Kier molecular flexibility index (Phi) is 15.9. The zero-order valence-electron chi connectivity index (χ0n) is 33.4. The van der Waals surface area contributed by atoms with Crippen LogP contribution < -0.4 is 11.1 Å². The lowest BCUT2D eigenvalue weighted by Gasteiger charge is -2.50. The molecule has 1 aliphatic heterocycles. The average molecular weight is 796 g/mol. The molecule has 0 radical (unpaired) electrons. The number of hydrogen-bond donors (Lipinski definition) is 2. The van der Waals surface area contributed by atoms with E-state index in [1.165, 1.54) is 6.92 Å². The van der Waals surface area contributed by atoms with Crippen LogP contribution in [0.1, 0.15) is 56.4 Å². The van der Waals surface area contributed by atoms with E-state index in [1.54, 1.807) is 45.0 Å². The lowest BCUT2D eigenvalue weighted by atomic mass is 9.93. The monoisotopic (exact) mass is 795 g/mol. The predicted octanol–water partition coefficient (Wildman–Crippen LogP) is 5.83. The third kappa shape index (κ3) is 13.2. The summed E-state index contributed by atoms with van der Waals surface area (Å²) in [4.78, 5) is 55.6. The molecule has 1 aliphatic rings. The number of carbonyl (C=O) groups excluding carboxylic acids is 4. The molecule has 0 saturated carbocycles. The van der Waals surface area contributed by atoms with E-state index in [4.69, 9.17) is 34.2 Å². The summed E-state index contributed by atoms with van der Waals surface area (Å²) in [6.45, 7) is 6.49. The van der Waals surface area contributed by atoms with Gasteiger partial charge in [-0.25, -0.2) is 9.59 Å². The smallest absolute Gasteiger partial charge is 0.413 e. The van der Waals surface area contributed by atoms with Crippen LogP contribution in [0.5, 0.6) is 0 Å². The van der Waals surface area contributed by atoms with E-state index in [0.29, 0.717) is 5.56 Å². The van der Waals surface area contributed by atoms with Crippen LogP contribution >= 0.6 is 0 Å². The summed E-state index contributed by atoms with van der Waals surface area (Å²) in [5.74, 6) is -2.33. The van der Waals surface area contributed by atoms with Crippen molar-refractivity contribution in [2.45, 2.75) is 103 Å². The van der Waals surface area contributed by atoms with E-state index >= 15 is 0 Å². The predicted molar refractivity (Wildman–Crippen MR) is 214 cm³/mol. The Labute approximate surface area is 339 Å². The summed E-state index contributed by atoms with van der Waals surface area (Å²) in [7, 11) is 0. The van der Waals surface area contributed by atoms with Gasteiger partial charge in [-0.1, -0.05) is 121 Å². The molecule has 6 atom stereocenters. The number of amides is 3. The Morgan fingerprint density at radius 3 is 1.64 bits per heavy atom. The van der Waals surface area contributed by atoms with E-state index in [0.717, 1.165) is 21.6 Å². The number of benzene rings is 4. The van der Waals surface area contributed by atoms with Gasteiger partial charge in [0.2, 0.25) is 11.8 Å². The number of ether oxygens (including phenoxy) is 6. The first-order chi connectivity index (χ1) is 27.9. The molecule has 0 aromatic heterocycles. The molecule has 1 heterocycles. The Morgan fingerprint density at radius 1 is 0.707 bits per heavy atom. The Morgan fingerprint density at radius 2 is 1.17 bits per heavy atom. The fraction of sp³-hybridized carbons (Fsp3) is 0.378. The number of nitrogens with zero attached hydrogens (tertiary/aromatic N) is 1. The first-order valence-electron chi connectivity index (χ1n) is 19.2. The molecule has 3 N–H and O–H groups in total. The molecule has 0 unspecified atom stereocenters. The lowest BCUT2D eigenvalue weighted by Crippen LogP contribution is -2.71. The zero-order chi connectivity index (χ0) is 41.5. The number of carbonyl (C=O) groups is 4. The van der Waals surface area contributed by atoms with Gasteiger partial charge >= 0.3 is 12.1 Å². The molecule has 4 aromatic carbocycles. The molecular weight excluding hydrogens is 743 g/mol. The maximum absolute atomic E-state index is 14.5. The summed E-state index contributed by atoms with van der Waals surface area (Å²) >= 11 is 0. The van der Waals surface area contributed by atoms with E-state index < -0.39 is 72.5 Å². The molecule has 4 aromatic rings. The van der Waals surface area contributed by atoms with Crippen LogP contribution in [0, 0.1) is 0 Å². The van der Waals surface area contributed by atoms with E-state index in [1.807, 2.05) is 97.1 Å². The van der Waals surface area contributed by atoms with Gasteiger partial charge in [-0.2, -0.15) is 0 Å². The molecule has 0 spiro atoms. The molecular formula is C45H53N3O10. The van der Waals surface area contributed by atoms with Crippen LogP contribution in [-0.2, 0) is 69.2 Å². The SMILES string of the molecule is CC(=O)N[C@H]1[C@H](OCc2ccccc2)[C@@H](OCc2ccccc2)[C@H](COCc2ccccc2)O[C@@H]1N(C(=O)OC(C)(C)C)[C@@H](CC(N)=O)C(=O)OCc1ccccc1. The van der Waals surface area contributed by atoms with E-state index in [-0.39, 0.29) is 33.0 Å². The van der Waals surface area contributed by atoms with Gasteiger partial charge in [0.15, 0.2) is 6.23 Å². The topological polar surface area (TPSA) is 165 Å². The quantitative estimate of drug-likeness (QED) is 0.117. The second-order valence-corrected chi connectivity index (χ2v) is 15.0. The Balaban J connectivity index is 1.61. The van der Waals surface area contributed by atoms with Gasteiger partial charge in [-0.05, 0) is 43.0 Å². The molecule has 0 bridgehead atoms. The van der Waals surface area contributed by atoms with Crippen molar-refractivity contribution in [3.05, 3.63) is 144 Å². The summed E-state index contributed by atoms with van der Waals surface area (Å²) in [6.07, 6.45) is -6.09. The minimum Gasteiger partial charge on any atom is -0.459 e. The average Bonchev–Trinajstić information content (AvgIpc) is 3.20. The molecule has 58 heavy (non-hydrogen) atoms. The molecule has 1 saturated heterocycles. The van der Waals surface area contributed by atoms with Crippen molar-refractivity contribution >= 4 is 23.9 Å². The summed E-state index contributed by atoms with van der Waals surface area (Å²) in [6, 6.07) is 34.6. The van der Waals surface area contributed by atoms with Crippen LogP contribution in [-0.4, -0.2) is 77.6 Å². The summed E-state index contributed by atoms with van der Waals surface area (Å²) in [5.41, 5.74) is 7.95. The van der Waals surface area contributed by atoms with Crippen LogP contribution in [0.2, 0.25) is 0 Å². The first kappa shape index (κ1) is 43.5. The highest BCUT2D eigenvalue weighted by atomic mass is 16.6. The lowest BCUT2D eigenvalue weighted by molar-refractivity contribution is -0.260. The second kappa shape index (κ2) is 21.2. The van der Waals surface area contributed by atoms with Crippen molar-refractivity contribution in [1.29, 1.82) is 0 Å². The highest BCUT2D eigenvalue weighted by molar-refractivity contribution is 5.87. The van der Waals surface area contributed by atoms with Gasteiger partial charge in [0.05, 0.1) is 32.8 Å². The zero-order valence-corrected chi connectivity index (χ0v) is 33.4. The fourth-order valence-corrected chi connectivity index (χ4v) is 6.52. The van der Waals surface area contributed by atoms with Gasteiger partial charge < -0.3 is 39.5 Å². The van der Waals surface area contributed by atoms with Crippen LogP contribution in [0.3, 0.4) is 0 Å². The largest absolute Gasteiger partial charge is 0.459 e. The highest BCUT2D eigenvalue weighted by Gasteiger charge is 2.54. The molecule has 1 fully saturated rings. The number of hydrogen-bond acceptors (Lipinski definition) is 10. The van der Waals surface area contributed by atoms with Gasteiger partial charge in [0.1, 0.15) is 42.6 Å². The van der Waals surface area contributed by atoms with Crippen molar-refractivity contribution in [3.8, 4) is 0 Å². The van der Waals surface area contributed by atoms with Crippen molar-refractivity contribution in [2.75, 3.05) is 6.61 Å². The molecule has 5 rings (SSSR count). The van der Waals surface area contributed by atoms with E-state index in [9.17, 15) is 19.2 Å². The van der Waals surface area contributed by atoms with Crippen LogP contribution in [0.15, 0.2) is 121 Å².